The predicted octanol–water partition coefficient (Wildman–Crippen LogP) is 2.40. The molecule has 3 N–H and O–H groups in total. The van der Waals surface area contributed by atoms with Crippen LogP contribution in [0.1, 0.15) is 47.8 Å². The molecule has 0 radical (unpaired) electrons. The molecule has 2 atom stereocenters. The van der Waals surface area contributed by atoms with Crippen molar-refractivity contribution in [3.8, 4) is 0 Å². The van der Waals surface area contributed by atoms with Gasteiger partial charge in [-0.25, -0.2) is 4.79 Å². The van der Waals surface area contributed by atoms with E-state index in [-0.39, 0.29) is 17.8 Å². The van der Waals surface area contributed by atoms with Gasteiger partial charge < -0.3 is 20.4 Å². The highest BCUT2D eigenvalue weighted by molar-refractivity contribution is 5.96. The molecule has 1 aliphatic heterocycles. The molecule has 1 saturated heterocycles. The van der Waals surface area contributed by atoms with Crippen LogP contribution in [-0.4, -0.2) is 47.5 Å². The summed E-state index contributed by atoms with van der Waals surface area (Å²) in [4.78, 5) is 30.2. The van der Waals surface area contributed by atoms with E-state index in [0.717, 1.165) is 56.1 Å². The third kappa shape index (κ3) is 3.34. The van der Waals surface area contributed by atoms with E-state index in [4.69, 9.17) is 10.5 Å². The molecular formula is C21H27N3O3. The first-order valence-corrected chi connectivity index (χ1v) is 9.93. The van der Waals surface area contributed by atoms with Crippen LogP contribution in [0.4, 0.5) is 0 Å². The van der Waals surface area contributed by atoms with E-state index >= 15 is 0 Å². The monoisotopic (exact) mass is 369 g/mol. The zero-order chi connectivity index (χ0) is 19.0. The predicted molar refractivity (Wildman–Crippen MR) is 104 cm³/mol. The molecular weight excluding hydrogens is 342 g/mol. The smallest absolute Gasteiger partial charge is 0.338 e. The maximum absolute atomic E-state index is 12.7. The van der Waals surface area contributed by atoms with Crippen LogP contribution < -0.4 is 5.73 Å². The zero-order valence-corrected chi connectivity index (χ0v) is 15.8. The van der Waals surface area contributed by atoms with Gasteiger partial charge in [-0.05, 0) is 68.7 Å². The van der Waals surface area contributed by atoms with Crippen molar-refractivity contribution in [1.82, 2.24) is 9.88 Å². The average Bonchev–Trinajstić information content (AvgIpc) is 3.34. The average molecular weight is 369 g/mol. The molecule has 0 bridgehead atoms. The molecule has 2 aromatic rings. The van der Waals surface area contributed by atoms with Gasteiger partial charge in [-0.3, -0.25) is 4.79 Å². The normalized spacial score (nSPS) is 20.5. The zero-order valence-electron chi connectivity index (χ0n) is 15.8. The number of nitrogens with zero attached hydrogens (tertiary/aromatic N) is 1. The Bertz CT molecular complexity index is 867. The van der Waals surface area contributed by atoms with Gasteiger partial charge in [-0.1, -0.05) is 0 Å². The van der Waals surface area contributed by atoms with Crippen molar-refractivity contribution in [1.29, 1.82) is 0 Å². The molecule has 1 unspecified atom stereocenters. The summed E-state index contributed by atoms with van der Waals surface area (Å²) in [5.74, 6) is -0.0773. The van der Waals surface area contributed by atoms with E-state index in [1.165, 1.54) is 11.3 Å². The maximum atomic E-state index is 12.7. The van der Waals surface area contributed by atoms with Crippen LogP contribution in [0.25, 0.3) is 10.9 Å². The number of esters is 1. The highest BCUT2D eigenvalue weighted by Crippen LogP contribution is 2.34. The first kappa shape index (κ1) is 18.0. The molecule has 4 rings (SSSR count). The highest BCUT2D eigenvalue weighted by Gasteiger charge is 2.33. The fraction of sp³-hybridized carbons (Fsp3) is 0.524. The lowest BCUT2D eigenvalue weighted by Crippen LogP contribution is -2.48. The lowest BCUT2D eigenvalue weighted by Gasteiger charge is -2.30. The summed E-state index contributed by atoms with van der Waals surface area (Å²) in [5.41, 5.74) is 10.4. The Kier molecular flexibility index (Phi) is 4.91. The number of benzene rings is 1. The van der Waals surface area contributed by atoms with Crippen LogP contribution >= 0.6 is 0 Å². The number of likely N-dealkylation sites (tertiary alicyclic amines) is 1. The van der Waals surface area contributed by atoms with E-state index in [1.54, 1.807) is 13.0 Å². The van der Waals surface area contributed by atoms with Gasteiger partial charge in [0.15, 0.2) is 0 Å². The van der Waals surface area contributed by atoms with E-state index < -0.39 is 6.04 Å². The van der Waals surface area contributed by atoms with Crippen molar-refractivity contribution in [2.24, 2.45) is 11.7 Å². The van der Waals surface area contributed by atoms with Crippen LogP contribution in [0.5, 0.6) is 0 Å². The summed E-state index contributed by atoms with van der Waals surface area (Å²) < 4.78 is 5.13. The van der Waals surface area contributed by atoms with Crippen molar-refractivity contribution in [2.45, 2.75) is 45.1 Å². The molecule has 2 heterocycles. The Morgan fingerprint density at radius 2 is 2.11 bits per heavy atom. The second-order valence-electron chi connectivity index (χ2n) is 7.62. The number of ether oxygens (including phenoxy) is 1. The van der Waals surface area contributed by atoms with Crippen LogP contribution in [0.15, 0.2) is 18.2 Å². The molecule has 0 saturated carbocycles. The number of aromatic amines is 1. The van der Waals surface area contributed by atoms with Gasteiger partial charge >= 0.3 is 5.97 Å². The van der Waals surface area contributed by atoms with Gasteiger partial charge in [0.25, 0.3) is 0 Å². The summed E-state index contributed by atoms with van der Waals surface area (Å²) in [7, 11) is 0. The minimum Gasteiger partial charge on any atom is -0.462 e. The van der Waals surface area contributed by atoms with Crippen LogP contribution in [0, 0.1) is 5.92 Å². The topological polar surface area (TPSA) is 88.4 Å². The van der Waals surface area contributed by atoms with E-state index in [0.29, 0.717) is 12.2 Å². The number of hydrogen-bond acceptors (Lipinski definition) is 4. The molecule has 6 heteroatoms. The molecule has 1 aliphatic carbocycles. The lowest BCUT2D eigenvalue weighted by molar-refractivity contribution is -0.132. The second kappa shape index (κ2) is 7.35. The Balaban J connectivity index is 1.58. The molecule has 6 nitrogen and oxygen atoms in total. The number of nitrogens with two attached hydrogens (primary N) is 1. The molecule has 0 spiro atoms. The SMILES string of the molecule is CCOC(=O)c1ccc2[nH]c3c(c2c1)CC([C@H](N)C(=O)N1CCCC1)CC3. The Labute approximate surface area is 159 Å². The fourth-order valence-electron chi connectivity index (χ4n) is 4.44. The largest absolute Gasteiger partial charge is 0.462 e. The first-order valence-electron chi connectivity index (χ1n) is 9.93. The van der Waals surface area contributed by atoms with Crippen molar-refractivity contribution in [2.75, 3.05) is 19.7 Å². The quantitative estimate of drug-likeness (QED) is 0.810. The summed E-state index contributed by atoms with van der Waals surface area (Å²) in [6.45, 7) is 3.83. The van der Waals surface area contributed by atoms with E-state index in [1.807, 2.05) is 17.0 Å². The number of H-pyrrole nitrogens is 1. The van der Waals surface area contributed by atoms with Gasteiger partial charge in [0, 0.05) is 29.7 Å². The van der Waals surface area contributed by atoms with Crippen molar-refractivity contribution in [3.63, 3.8) is 0 Å². The van der Waals surface area contributed by atoms with Crippen molar-refractivity contribution in [3.05, 3.63) is 35.0 Å². The van der Waals surface area contributed by atoms with Crippen LogP contribution in [-0.2, 0) is 22.4 Å². The van der Waals surface area contributed by atoms with Crippen LogP contribution in [0.3, 0.4) is 0 Å². The Hall–Kier alpha value is -2.34. The number of carbonyl (C=O) groups is 2. The van der Waals surface area contributed by atoms with E-state index in [9.17, 15) is 9.59 Å². The number of hydrogen-bond donors (Lipinski definition) is 2. The Morgan fingerprint density at radius 3 is 2.85 bits per heavy atom. The summed E-state index contributed by atoms with van der Waals surface area (Å²) in [5, 5.41) is 1.04. The molecule has 1 aromatic carbocycles. The highest BCUT2D eigenvalue weighted by atomic mass is 16.5. The number of amides is 1. The molecule has 1 fully saturated rings. The minimum atomic E-state index is -0.450. The molecule has 2 aliphatic rings. The second-order valence-corrected chi connectivity index (χ2v) is 7.62. The maximum Gasteiger partial charge on any atom is 0.338 e. The molecule has 27 heavy (non-hydrogen) atoms. The van der Waals surface area contributed by atoms with Crippen molar-refractivity contribution < 1.29 is 14.3 Å². The van der Waals surface area contributed by atoms with E-state index in [2.05, 4.69) is 4.98 Å². The number of aromatic nitrogens is 1. The minimum absolute atomic E-state index is 0.0907. The summed E-state index contributed by atoms with van der Waals surface area (Å²) in [6.07, 6.45) is 4.71. The Morgan fingerprint density at radius 1 is 1.33 bits per heavy atom. The van der Waals surface area contributed by atoms with Gasteiger partial charge in [0.1, 0.15) is 0 Å². The standard InChI is InChI=1S/C21H27N3O3/c1-2-27-21(26)14-6-8-18-16(12-14)15-11-13(5-7-17(15)23-18)19(22)20(25)24-9-3-4-10-24/h6,8,12-13,19,23H,2-5,7,9-11,22H2,1H3/t13?,19-/m0/s1. The molecule has 144 valence electrons. The number of carbonyl (C=O) groups excluding carboxylic acids is 2. The molecule has 1 aromatic heterocycles. The number of fused-ring (bicyclic) bond motifs is 3. The van der Waals surface area contributed by atoms with Gasteiger partial charge in [0.2, 0.25) is 5.91 Å². The summed E-state index contributed by atoms with van der Waals surface area (Å²) in [6, 6.07) is 5.18. The summed E-state index contributed by atoms with van der Waals surface area (Å²) >= 11 is 0. The lowest BCUT2D eigenvalue weighted by atomic mass is 9.81. The number of nitrogens with one attached hydrogen (secondary N) is 1. The third-order valence-electron chi connectivity index (χ3n) is 5.95. The van der Waals surface area contributed by atoms with Gasteiger partial charge in [-0.2, -0.15) is 0 Å². The van der Waals surface area contributed by atoms with Crippen LogP contribution in [0.2, 0.25) is 0 Å². The van der Waals surface area contributed by atoms with Gasteiger partial charge in [0.05, 0.1) is 18.2 Å². The van der Waals surface area contributed by atoms with Gasteiger partial charge in [-0.15, -0.1) is 0 Å². The third-order valence-corrected chi connectivity index (χ3v) is 5.95. The number of aryl methyl sites for hydroxylation is 1. The number of rotatable bonds is 4. The fourth-order valence-corrected chi connectivity index (χ4v) is 4.44. The molecule has 1 amide bonds. The van der Waals surface area contributed by atoms with Crippen molar-refractivity contribution >= 4 is 22.8 Å². The first-order chi connectivity index (χ1) is 13.1.